The Bertz CT molecular complexity index is 2410. The molecule has 0 aliphatic carbocycles. The number of aryl methyl sites for hydroxylation is 1. The number of carboxylic acids is 1. The molecule has 1 aliphatic heterocycles. The number of aromatic amines is 1. The molecule has 0 radical (unpaired) electrons. The summed E-state index contributed by atoms with van der Waals surface area (Å²) >= 11 is 0. The average molecular weight is 973 g/mol. The summed E-state index contributed by atoms with van der Waals surface area (Å²) in [6, 6.07) is 8.44. The van der Waals surface area contributed by atoms with E-state index in [0.717, 1.165) is 41.9 Å². The van der Waals surface area contributed by atoms with Crippen LogP contribution in [-0.4, -0.2) is 141 Å². The van der Waals surface area contributed by atoms with Crippen LogP contribution in [0, 0.1) is 0 Å². The second kappa shape index (κ2) is 28.4. The Morgan fingerprint density at radius 2 is 1.56 bits per heavy atom. The molecule has 5 rings (SSSR count). The Morgan fingerprint density at radius 1 is 0.871 bits per heavy atom. The molecule has 1 unspecified atom stereocenters. The van der Waals surface area contributed by atoms with E-state index in [-0.39, 0.29) is 56.4 Å². The van der Waals surface area contributed by atoms with Crippen LogP contribution in [-0.2, 0) is 46.5 Å². The molecular weight excluding hydrogens is 909 g/mol. The molecule has 4 aromatic rings. The zero-order valence-corrected chi connectivity index (χ0v) is 38.9. The highest BCUT2D eigenvalue weighted by molar-refractivity contribution is 5.99. The molecular formula is C45H64N16O9. The van der Waals surface area contributed by atoms with Crippen LogP contribution in [0.15, 0.2) is 72.1 Å². The van der Waals surface area contributed by atoms with Gasteiger partial charge in [-0.3, -0.25) is 48.0 Å². The number of aliphatic carboxylic acids is 1. The topological polar surface area (TPSA) is 404 Å². The monoisotopic (exact) mass is 973 g/mol. The van der Waals surface area contributed by atoms with Crippen LogP contribution in [0.2, 0.25) is 0 Å². The summed E-state index contributed by atoms with van der Waals surface area (Å²) in [5, 5.41) is 32.6. The molecule has 3 heterocycles. The van der Waals surface area contributed by atoms with E-state index in [9.17, 15) is 38.4 Å². The molecule has 70 heavy (non-hydrogen) atoms. The molecule has 2 aromatic carbocycles. The predicted octanol–water partition coefficient (Wildman–Crippen LogP) is -2.14. The quantitative estimate of drug-likeness (QED) is 0.0241. The number of nitrogens with zero attached hydrogens (tertiary/aromatic N) is 4. The van der Waals surface area contributed by atoms with E-state index in [4.69, 9.17) is 28.0 Å². The molecule has 0 bridgehead atoms. The summed E-state index contributed by atoms with van der Waals surface area (Å²) < 4.78 is 1.88. The number of Topliss-reactive ketones (excluding diaryl/α,β-unsaturated/α-hetero) is 1. The molecule has 2 aromatic heterocycles. The van der Waals surface area contributed by atoms with Crippen molar-refractivity contribution in [3.8, 4) is 0 Å². The van der Waals surface area contributed by atoms with Crippen molar-refractivity contribution < 1.29 is 43.5 Å². The van der Waals surface area contributed by atoms with Crippen molar-refractivity contribution in [3.63, 3.8) is 0 Å². The van der Waals surface area contributed by atoms with E-state index in [1.807, 2.05) is 10.7 Å². The number of H-pyrrole nitrogens is 1. The number of aromatic nitrogens is 4. The number of carbonyl (C=O) groups is 8. The molecule has 25 nitrogen and oxygen atoms in total. The number of carboxylic acid groups (broad SMARTS) is 1. The Morgan fingerprint density at radius 3 is 2.23 bits per heavy atom. The first-order valence-electron chi connectivity index (χ1n) is 22.8. The van der Waals surface area contributed by atoms with Gasteiger partial charge in [-0.15, -0.1) is 0 Å². The molecule has 25 heteroatoms. The molecule has 6 amide bonds. The van der Waals surface area contributed by atoms with Crippen molar-refractivity contribution in [1.82, 2.24) is 51.6 Å². The number of imidazole rings is 1. The smallest absolute Gasteiger partial charge is 0.322 e. The van der Waals surface area contributed by atoms with Gasteiger partial charge in [-0.05, 0) is 75.8 Å². The number of rotatable bonds is 21. The van der Waals surface area contributed by atoms with Crippen LogP contribution in [0.3, 0.4) is 0 Å². The van der Waals surface area contributed by atoms with Crippen molar-refractivity contribution in [1.29, 1.82) is 0 Å². The number of nitrogens with one attached hydrogen (secondary N) is 8. The lowest BCUT2D eigenvalue weighted by Crippen LogP contribution is -2.58. The maximum absolute atomic E-state index is 13.6. The highest BCUT2D eigenvalue weighted by Crippen LogP contribution is 2.17. The van der Waals surface area contributed by atoms with Crippen LogP contribution in [0.5, 0.6) is 0 Å². The van der Waals surface area contributed by atoms with Crippen molar-refractivity contribution >= 4 is 70.0 Å². The first-order chi connectivity index (χ1) is 33.5. The van der Waals surface area contributed by atoms with Gasteiger partial charge in [-0.25, -0.2) is 4.98 Å². The van der Waals surface area contributed by atoms with E-state index < -0.39 is 72.3 Å². The average Bonchev–Trinajstić information content (AvgIpc) is 4.01. The number of aliphatic imine (C=N–C) groups is 1. The molecule has 1 saturated heterocycles. The lowest BCUT2D eigenvalue weighted by atomic mass is 10.0. The van der Waals surface area contributed by atoms with Crippen molar-refractivity contribution in [2.75, 3.05) is 38.0 Å². The Labute approximate surface area is 403 Å². The number of fused-ring (bicyclic) bond motifs is 1. The fraction of sp³-hybridized carbons (Fsp3) is 0.444. The molecule has 5 atom stereocenters. The van der Waals surface area contributed by atoms with Crippen LogP contribution in [0.25, 0.3) is 10.9 Å². The maximum Gasteiger partial charge on any atom is 0.322 e. The summed E-state index contributed by atoms with van der Waals surface area (Å²) in [6.45, 7) is 2.65. The fourth-order valence-electron chi connectivity index (χ4n) is 7.04. The number of benzene rings is 2. The molecule has 17 N–H and O–H groups in total. The molecule has 0 spiro atoms. The normalized spacial score (nSPS) is 18.2. The number of guanidine groups is 1. The second-order valence-electron chi connectivity index (χ2n) is 16.4. The third kappa shape index (κ3) is 18.6. The Hall–Kier alpha value is -7.93. The van der Waals surface area contributed by atoms with Crippen LogP contribution >= 0.6 is 0 Å². The van der Waals surface area contributed by atoms with E-state index in [0.29, 0.717) is 31.4 Å². The third-order valence-electron chi connectivity index (χ3n) is 10.7. The van der Waals surface area contributed by atoms with Gasteiger partial charge in [0.2, 0.25) is 29.5 Å². The number of amides is 6. The van der Waals surface area contributed by atoms with Gasteiger partial charge in [-0.2, -0.15) is 5.10 Å². The van der Waals surface area contributed by atoms with Gasteiger partial charge in [0, 0.05) is 62.4 Å². The van der Waals surface area contributed by atoms with Crippen LogP contribution < -0.4 is 60.2 Å². The number of ketones is 1. The number of hydrogen-bond acceptors (Lipinski definition) is 14. The van der Waals surface area contributed by atoms with Gasteiger partial charge >= 0.3 is 5.97 Å². The van der Waals surface area contributed by atoms with Crippen LogP contribution in [0.1, 0.15) is 67.8 Å². The highest BCUT2D eigenvalue weighted by atomic mass is 16.4. The minimum absolute atomic E-state index is 0.0732. The number of unbranched alkanes of at least 4 members (excludes halogenated alkanes) is 1. The minimum Gasteiger partial charge on any atom is -0.480 e. The van der Waals surface area contributed by atoms with Gasteiger partial charge in [-0.1, -0.05) is 30.3 Å². The lowest BCUT2D eigenvalue weighted by molar-refractivity contribution is -0.138. The van der Waals surface area contributed by atoms with Crippen molar-refractivity contribution in [2.24, 2.45) is 27.9 Å². The molecule has 1 aliphatic rings. The minimum atomic E-state index is -1.30. The number of nitrogens with two attached hydrogens (primary N) is 4. The van der Waals surface area contributed by atoms with E-state index >= 15 is 0 Å². The van der Waals surface area contributed by atoms with Gasteiger partial charge < -0.3 is 70.2 Å². The van der Waals surface area contributed by atoms with Gasteiger partial charge in [0.05, 0.1) is 18.3 Å². The van der Waals surface area contributed by atoms with E-state index in [1.54, 1.807) is 61.1 Å². The summed E-state index contributed by atoms with van der Waals surface area (Å²) in [6.07, 6.45) is 7.51. The zero-order valence-electron chi connectivity index (χ0n) is 38.9. The summed E-state index contributed by atoms with van der Waals surface area (Å²) in [5.41, 5.74) is 23.8. The molecule has 1 fully saturated rings. The summed E-state index contributed by atoms with van der Waals surface area (Å²) in [5.74, 6) is -4.72. The fourth-order valence-corrected chi connectivity index (χ4v) is 7.04. The second-order valence-corrected chi connectivity index (χ2v) is 16.4. The van der Waals surface area contributed by atoms with E-state index in [2.05, 4.69) is 57.3 Å². The highest BCUT2D eigenvalue weighted by Gasteiger charge is 2.33. The number of carbonyl (C=O) groups excluding carboxylic acids is 7. The largest absolute Gasteiger partial charge is 0.480 e. The first-order valence-corrected chi connectivity index (χ1v) is 22.8. The predicted molar refractivity (Wildman–Crippen MR) is 258 cm³/mol. The molecule has 378 valence electrons. The molecule has 0 saturated carbocycles. The van der Waals surface area contributed by atoms with Crippen molar-refractivity contribution in [2.45, 2.75) is 95.0 Å². The SMILES string of the molecule is CC(=O)C[C@@H]1NC(=O)CNC(=O)[C@H](CCCN=C(N)N)NC(=O)[C@H](CCCCN)NC(=O)[C@@H](Cc2ccccc2)NC1=O.NC(CNC(=O)c1ccc2c(cnn2CCCNc2ncc[nH]2)c1)C(=O)O. The summed E-state index contributed by atoms with van der Waals surface area (Å²) in [7, 11) is 0. The summed E-state index contributed by atoms with van der Waals surface area (Å²) in [4.78, 5) is 112. The zero-order chi connectivity index (χ0) is 51.0. The van der Waals surface area contributed by atoms with Gasteiger partial charge in [0.25, 0.3) is 5.91 Å². The first kappa shape index (κ1) is 54.7. The van der Waals surface area contributed by atoms with Crippen molar-refractivity contribution in [3.05, 3.63) is 78.2 Å². The van der Waals surface area contributed by atoms with Crippen LogP contribution in [0.4, 0.5) is 5.95 Å². The lowest BCUT2D eigenvalue weighted by Gasteiger charge is -2.26. The van der Waals surface area contributed by atoms with Gasteiger partial charge in [0.15, 0.2) is 11.9 Å². The Kier molecular flexibility index (Phi) is 22.2. The number of hydrogen-bond donors (Lipinski definition) is 13. The number of anilines is 1. The van der Waals surface area contributed by atoms with Gasteiger partial charge in [0.1, 0.15) is 36.0 Å². The van der Waals surface area contributed by atoms with E-state index in [1.165, 1.54) is 6.92 Å². The Balaban J connectivity index is 0.000000336. The maximum atomic E-state index is 13.6. The third-order valence-corrected chi connectivity index (χ3v) is 10.7. The standard InChI is InChI=1S/C28H43N9O6.C17H21N7O3/c1-17(38)14-21-26(42)37-22(15-18-8-3-2-4-9-18)27(43)36-20(10-5-6-12-29)25(41)35-19(11-7-13-32-28(30)31)24(40)33-16-23(39)34-21;18-13(16(26)27)10-22-15(25)11-2-3-14-12(8-11)9-23-24(14)7-1-4-19-17-20-5-6-21-17/h2-4,8-9,19-22H,5-7,10-16,29H2,1H3,(H,33,40)(H,34,39)(H,35,41)(H,36,43)(H,37,42)(H4,30,31,32);2-3,5-6,8-9,13H,1,4,7,10,18H2,(H,22,25)(H,26,27)(H2,19,20,21)/t19-,20-,21-,22+;/m0./s1.